The largest absolute Gasteiger partial charge is 0.354 e. The summed E-state index contributed by atoms with van der Waals surface area (Å²) in [7, 11) is -1.91. The molecule has 1 rings (SSSR count). The van der Waals surface area contributed by atoms with E-state index in [9.17, 15) is 17.8 Å². The minimum atomic E-state index is -1.91. The fourth-order valence-corrected chi connectivity index (χ4v) is 2.14. The Hall–Kier alpha value is -1.34. The summed E-state index contributed by atoms with van der Waals surface area (Å²) in [6.07, 6.45) is 0. The van der Waals surface area contributed by atoms with E-state index in [0.29, 0.717) is 0 Å². The molecule has 0 radical (unpaired) electrons. The Kier molecular flexibility index (Phi) is 5.17. The van der Waals surface area contributed by atoms with E-state index in [1.54, 1.807) is 0 Å². The Morgan fingerprint density at radius 3 is 2.76 bits per heavy atom. The molecule has 1 unspecified atom stereocenters. The van der Waals surface area contributed by atoms with Gasteiger partial charge in [0.15, 0.2) is 0 Å². The lowest BCUT2D eigenvalue weighted by molar-refractivity contribution is -0.118. The van der Waals surface area contributed by atoms with Crippen LogP contribution >= 0.6 is 0 Å². The molecule has 0 aromatic heterocycles. The highest BCUT2D eigenvalue weighted by molar-refractivity contribution is 7.85. The SMILES string of the molecule is NCCNC(=O)CS(=O)c1cc(F)ccc1F. The van der Waals surface area contributed by atoms with Crippen LogP contribution < -0.4 is 11.1 Å². The van der Waals surface area contributed by atoms with Crippen LogP contribution in [0.25, 0.3) is 0 Å². The van der Waals surface area contributed by atoms with Crippen molar-refractivity contribution in [1.29, 1.82) is 0 Å². The fourth-order valence-electron chi connectivity index (χ4n) is 1.11. The molecule has 0 heterocycles. The normalized spacial score (nSPS) is 12.2. The summed E-state index contributed by atoms with van der Waals surface area (Å²) >= 11 is 0. The van der Waals surface area contributed by atoms with Gasteiger partial charge in [-0.05, 0) is 18.2 Å². The molecule has 0 saturated carbocycles. The molecule has 0 spiro atoms. The van der Waals surface area contributed by atoms with Gasteiger partial charge in [0.25, 0.3) is 0 Å². The van der Waals surface area contributed by atoms with Gasteiger partial charge in [0, 0.05) is 13.1 Å². The predicted octanol–water partition coefficient (Wildman–Crippen LogP) is 0.147. The summed E-state index contributed by atoms with van der Waals surface area (Å²) in [5.41, 5.74) is 5.16. The molecule has 7 heteroatoms. The second-order valence-corrected chi connectivity index (χ2v) is 4.62. The molecular weight excluding hydrogens is 250 g/mol. The van der Waals surface area contributed by atoms with E-state index in [2.05, 4.69) is 5.32 Å². The molecule has 4 nitrogen and oxygen atoms in total. The second kappa shape index (κ2) is 6.41. The van der Waals surface area contributed by atoms with E-state index in [0.717, 1.165) is 18.2 Å². The highest BCUT2D eigenvalue weighted by Gasteiger charge is 2.14. The van der Waals surface area contributed by atoms with Gasteiger partial charge in [0.05, 0.1) is 15.7 Å². The van der Waals surface area contributed by atoms with E-state index >= 15 is 0 Å². The molecule has 0 aliphatic rings. The average molecular weight is 262 g/mol. The Balaban J connectivity index is 2.69. The first-order valence-electron chi connectivity index (χ1n) is 4.84. The van der Waals surface area contributed by atoms with Crippen molar-refractivity contribution in [3.8, 4) is 0 Å². The van der Waals surface area contributed by atoms with Crippen LogP contribution in [0.3, 0.4) is 0 Å². The summed E-state index contributed by atoms with van der Waals surface area (Å²) in [6, 6.07) is 2.62. The Morgan fingerprint density at radius 1 is 1.41 bits per heavy atom. The van der Waals surface area contributed by atoms with Crippen LogP contribution in [0, 0.1) is 11.6 Å². The van der Waals surface area contributed by atoms with Gasteiger partial charge in [-0.15, -0.1) is 0 Å². The van der Waals surface area contributed by atoms with E-state index in [-0.39, 0.29) is 18.0 Å². The van der Waals surface area contributed by atoms with Crippen molar-refractivity contribution in [3.63, 3.8) is 0 Å². The minimum absolute atomic E-state index is 0.252. The fraction of sp³-hybridized carbons (Fsp3) is 0.300. The van der Waals surface area contributed by atoms with E-state index in [4.69, 9.17) is 5.73 Å². The number of hydrogen-bond donors (Lipinski definition) is 2. The third-order valence-electron chi connectivity index (χ3n) is 1.87. The maximum absolute atomic E-state index is 13.2. The summed E-state index contributed by atoms with van der Waals surface area (Å²) < 4.78 is 37.6. The number of carbonyl (C=O) groups excluding carboxylic acids is 1. The number of halogens is 2. The summed E-state index contributed by atoms with van der Waals surface area (Å²) in [5.74, 6) is -2.42. The van der Waals surface area contributed by atoms with Gasteiger partial charge in [-0.1, -0.05) is 0 Å². The highest BCUT2D eigenvalue weighted by Crippen LogP contribution is 2.14. The third-order valence-corrected chi connectivity index (χ3v) is 3.20. The average Bonchev–Trinajstić information content (AvgIpc) is 2.29. The van der Waals surface area contributed by atoms with Crippen LogP contribution in [0.4, 0.5) is 8.78 Å². The molecule has 0 fully saturated rings. The second-order valence-electron chi connectivity index (χ2n) is 3.20. The van der Waals surface area contributed by atoms with E-state index < -0.39 is 34.1 Å². The first kappa shape index (κ1) is 13.7. The summed E-state index contributed by atoms with van der Waals surface area (Å²) in [4.78, 5) is 10.9. The van der Waals surface area contributed by atoms with Gasteiger partial charge in [-0.3, -0.25) is 9.00 Å². The Bertz CT molecular complexity index is 440. The zero-order chi connectivity index (χ0) is 12.8. The standard InChI is InChI=1S/C10H12F2N2O2S/c11-7-1-2-8(12)9(5-7)17(16)6-10(15)14-4-3-13/h1-2,5H,3-4,6,13H2,(H,14,15). The van der Waals surface area contributed by atoms with E-state index in [1.165, 1.54) is 0 Å². The summed E-state index contributed by atoms with van der Waals surface area (Å²) in [6.45, 7) is 0.508. The van der Waals surface area contributed by atoms with Crippen molar-refractivity contribution >= 4 is 16.7 Å². The Morgan fingerprint density at radius 2 is 2.12 bits per heavy atom. The molecule has 1 aromatic rings. The van der Waals surface area contributed by atoms with Crippen molar-refractivity contribution in [3.05, 3.63) is 29.8 Å². The predicted molar refractivity (Wildman–Crippen MR) is 59.7 cm³/mol. The number of hydrogen-bond acceptors (Lipinski definition) is 3. The molecule has 0 saturated heterocycles. The topological polar surface area (TPSA) is 72.2 Å². The number of rotatable bonds is 5. The lowest BCUT2D eigenvalue weighted by Crippen LogP contribution is -2.32. The van der Waals surface area contributed by atoms with Crippen LogP contribution in [-0.2, 0) is 15.6 Å². The number of nitrogens with one attached hydrogen (secondary N) is 1. The smallest absolute Gasteiger partial charge is 0.233 e. The molecular formula is C10H12F2N2O2S. The van der Waals surface area contributed by atoms with Crippen LogP contribution in [0.2, 0.25) is 0 Å². The van der Waals surface area contributed by atoms with Crippen LogP contribution in [0.1, 0.15) is 0 Å². The van der Waals surface area contributed by atoms with Gasteiger partial charge >= 0.3 is 0 Å². The zero-order valence-electron chi connectivity index (χ0n) is 8.91. The lowest BCUT2D eigenvalue weighted by Gasteiger charge is -2.05. The van der Waals surface area contributed by atoms with Gasteiger partial charge in [0.2, 0.25) is 5.91 Å². The van der Waals surface area contributed by atoms with Crippen LogP contribution in [0.15, 0.2) is 23.1 Å². The maximum Gasteiger partial charge on any atom is 0.233 e. The quantitative estimate of drug-likeness (QED) is 0.793. The molecule has 0 bridgehead atoms. The number of carbonyl (C=O) groups is 1. The molecule has 1 atom stereocenters. The molecule has 94 valence electrons. The molecule has 3 N–H and O–H groups in total. The zero-order valence-corrected chi connectivity index (χ0v) is 9.73. The highest BCUT2D eigenvalue weighted by atomic mass is 32.2. The molecule has 1 amide bonds. The van der Waals surface area contributed by atoms with Crippen molar-refractivity contribution in [2.24, 2.45) is 5.73 Å². The summed E-state index contributed by atoms with van der Waals surface area (Å²) in [5, 5.41) is 2.39. The number of nitrogens with two attached hydrogens (primary N) is 1. The molecule has 0 aliphatic heterocycles. The van der Waals surface area contributed by atoms with Crippen molar-refractivity contribution < 1.29 is 17.8 Å². The van der Waals surface area contributed by atoms with Crippen LogP contribution in [-0.4, -0.2) is 29.0 Å². The molecule has 0 aliphatic carbocycles. The van der Waals surface area contributed by atoms with Gasteiger partial charge in [-0.25, -0.2) is 8.78 Å². The maximum atomic E-state index is 13.2. The third kappa shape index (κ3) is 4.20. The van der Waals surface area contributed by atoms with Gasteiger partial charge < -0.3 is 11.1 Å². The first-order valence-corrected chi connectivity index (χ1v) is 6.16. The van der Waals surface area contributed by atoms with Crippen molar-refractivity contribution in [1.82, 2.24) is 5.32 Å². The van der Waals surface area contributed by atoms with Crippen molar-refractivity contribution in [2.75, 3.05) is 18.8 Å². The number of benzene rings is 1. The molecule has 17 heavy (non-hydrogen) atoms. The van der Waals surface area contributed by atoms with Gasteiger partial charge in [0.1, 0.15) is 17.4 Å². The van der Waals surface area contributed by atoms with Crippen molar-refractivity contribution in [2.45, 2.75) is 4.90 Å². The monoisotopic (exact) mass is 262 g/mol. The number of amides is 1. The minimum Gasteiger partial charge on any atom is -0.354 e. The van der Waals surface area contributed by atoms with Crippen LogP contribution in [0.5, 0.6) is 0 Å². The molecule has 1 aromatic carbocycles. The van der Waals surface area contributed by atoms with Gasteiger partial charge in [-0.2, -0.15) is 0 Å². The Labute approximate surface area is 99.6 Å². The van der Waals surface area contributed by atoms with E-state index in [1.807, 2.05) is 0 Å². The first-order chi connectivity index (χ1) is 8.04. The lowest BCUT2D eigenvalue weighted by atomic mass is 10.3.